The van der Waals surface area contributed by atoms with Gasteiger partial charge in [0.1, 0.15) is 11.2 Å². The van der Waals surface area contributed by atoms with E-state index in [2.05, 4.69) is 243 Å². The SMILES string of the molecule is CC.Cc1ccc(-c2ccc(C)c(-c3c(C)ccc4ccccc34)c2)cc1.Cc1ccc(-c2cccc3c2oc2ccccc23)cc1.Cc1ccc2c(c1)C(C)(C)c1ccccc1-2.Cc1ccccc1. The second kappa shape index (κ2) is 21.7. The molecule has 348 valence electrons. The summed E-state index contributed by atoms with van der Waals surface area (Å²) in [4.78, 5) is 0. The number of benzene rings is 10. The van der Waals surface area contributed by atoms with Gasteiger partial charge in [0.15, 0.2) is 0 Å². The van der Waals surface area contributed by atoms with Gasteiger partial charge in [-0.15, -0.1) is 0 Å². The van der Waals surface area contributed by atoms with Gasteiger partial charge in [-0.3, -0.25) is 0 Å². The van der Waals surface area contributed by atoms with Crippen molar-refractivity contribution in [3.8, 4) is 44.5 Å². The van der Waals surface area contributed by atoms with Crippen molar-refractivity contribution in [1.82, 2.24) is 0 Å². The minimum Gasteiger partial charge on any atom is -0.455 e. The Kier molecular flexibility index (Phi) is 15.1. The van der Waals surface area contributed by atoms with E-state index in [0.717, 1.165) is 16.7 Å². The van der Waals surface area contributed by atoms with Crippen LogP contribution in [-0.4, -0.2) is 0 Å². The molecular formula is C69H66O. The molecule has 11 aromatic rings. The second-order valence-electron chi connectivity index (χ2n) is 18.9. The van der Waals surface area contributed by atoms with Crippen LogP contribution in [0.3, 0.4) is 0 Å². The van der Waals surface area contributed by atoms with Crippen molar-refractivity contribution >= 4 is 32.7 Å². The fourth-order valence-corrected chi connectivity index (χ4v) is 9.62. The maximum absolute atomic E-state index is 6.07. The molecule has 1 aliphatic rings. The van der Waals surface area contributed by atoms with E-state index in [1.165, 1.54) is 105 Å². The zero-order chi connectivity index (χ0) is 49.4. The maximum Gasteiger partial charge on any atom is 0.143 e. The van der Waals surface area contributed by atoms with E-state index < -0.39 is 0 Å². The van der Waals surface area contributed by atoms with E-state index in [1.54, 1.807) is 0 Å². The quantitative estimate of drug-likeness (QED) is 0.172. The number of fused-ring (bicyclic) bond motifs is 7. The normalized spacial score (nSPS) is 11.7. The van der Waals surface area contributed by atoms with Crippen LogP contribution in [0.2, 0.25) is 0 Å². The Morgan fingerprint density at radius 1 is 0.329 bits per heavy atom. The highest BCUT2D eigenvalue weighted by molar-refractivity contribution is 6.09. The third kappa shape index (κ3) is 10.5. The van der Waals surface area contributed by atoms with E-state index in [9.17, 15) is 0 Å². The van der Waals surface area contributed by atoms with E-state index >= 15 is 0 Å². The van der Waals surface area contributed by atoms with Crippen molar-refractivity contribution in [3.05, 3.63) is 263 Å². The molecule has 10 aromatic carbocycles. The summed E-state index contributed by atoms with van der Waals surface area (Å²) in [5.41, 5.74) is 23.2. The van der Waals surface area contributed by atoms with E-state index in [0.29, 0.717) is 0 Å². The molecule has 1 aromatic heterocycles. The van der Waals surface area contributed by atoms with Crippen LogP contribution in [0.4, 0.5) is 0 Å². The number of hydrogen-bond acceptors (Lipinski definition) is 1. The first-order valence-corrected chi connectivity index (χ1v) is 24.8. The van der Waals surface area contributed by atoms with Crippen LogP contribution in [-0.2, 0) is 5.41 Å². The van der Waals surface area contributed by atoms with Gasteiger partial charge in [0, 0.05) is 21.8 Å². The van der Waals surface area contributed by atoms with Crippen molar-refractivity contribution in [1.29, 1.82) is 0 Å². The largest absolute Gasteiger partial charge is 0.455 e. The Balaban J connectivity index is 0.000000132. The molecule has 12 rings (SSSR count). The van der Waals surface area contributed by atoms with Crippen molar-refractivity contribution in [2.24, 2.45) is 0 Å². The lowest BCUT2D eigenvalue weighted by atomic mass is 9.82. The lowest BCUT2D eigenvalue weighted by Gasteiger charge is -2.21. The molecule has 1 heterocycles. The molecule has 1 nitrogen and oxygen atoms in total. The third-order valence-electron chi connectivity index (χ3n) is 13.5. The standard InChI is InChI=1S/C25H22.C19H14O.C16H16.C7H8.C2H6/c1-17-8-12-20(13-9-17)22-15-10-18(2)24(16-22)25-19(3)11-14-21-6-4-5-7-23(21)25;1-13-9-11-14(12-10-13)15-6-4-7-17-16-5-2-3-8-18(16)20-19(15)17;1-11-8-9-13-12-6-4-5-7-14(12)16(2,3)15(13)10-11;1-7-5-3-2-4-6-7;1-2/h4-16H,1-3H3;2-12H,1H3;4-10H,1-3H3;2-6H,1H3;1-2H3. The highest BCUT2D eigenvalue weighted by Crippen LogP contribution is 2.48. The second-order valence-corrected chi connectivity index (χ2v) is 18.9. The molecule has 0 radical (unpaired) electrons. The molecule has 0 fully saturated rings. The lowest BCUT2D eigenvalue weighted by molar-refractivity contribution is 0.660. The fraction of sp³-hybridized carbons (Fsp3) is 0.159. The first-order valence-electron chi connectivity index (χ1n) is 24.8. The molecule has 70 heavy (non-hydrogen) atoms. The van der Waals surface area contributed by atoms with Crippen molar-refractivity contribution in [2.45, 2.75) is 74.7 Å². The van der Waals surface area contributed by atoms with Gasteiger partial charge in [-0.1, -0.05) is 256 Å². The monoisotopic (exact) mass is 911 g/mol. The maximum atomic E-state index is 6.07. The van der Waals surface area contributed by atoms with Gasteiger partial charge >= 0.3 is 0 Å². The molecule has 0 atom stereocenters. The van der Waals surface area contributed by atoms with Gasteiger partial charge in [0.2, 0.25) is 0 Å². The minimum absolute atomic E-state index is 0.151. The van der Waals surface area contributed by atoms with Crippen molar-refractivity contribution < 1.29 is 4.42 Å². The Bertz CT molecular complexity index is 3510. The summed E-state index contributed by atoms with van der Waals surface area (Å²) in [5, 5.41) is 4.98. The predicted octanol–water partition coefficient (Wildman–Crippen LogP) is 20.0. The lowest BCUT2D eigenvalue weighted by Crippen LogP contribution is -2.14. The summed E-state index contributed by atoms with van der Waals surface area (Å²) < 4.78 is 6.07. The number of aryl methyl sites for hydroxylation is 6. The molecule has 0 saturated heterocycles. The van der Waals surface area contributed by atoms with Gasteiger partial charge in [0.05, 0.1) is 0 Å². The van der Waals surface area contributed by atoms with Crippen LogP contribution in [0.5, 0.6) is 0 Å². The average molecular weight is 911 g/mol. The molecule has 0 spiro atoms. The van der Waals surface area contributed by atoms with Gasteiger partial charge < -0.3 is 4.42 Å². The molecule has 0 saturated carbocycles. The Labute approximate surface area is 417 Å². The Hall–Kier alpha value is -7.74. The zero-order valence-corrected chi connectivity index (χ0v) is 42.7. The summed E-state index contributed by atoms with van der Waals surface area (Å²) >= 11 is 0. The summed E-state index contributed by atoms with van der Waals surface area (Å²) in [7, 11) is 0. The van der Waals surface area contributed by atoms with Gasteiger partial charge in [-0.2, -0.15) is 0 Å². The smallest absolute Gasteiger partial charge is 0.143 e. The number of rotatable bonds is 3. The highest BCUT2D eigenvalue weighted by atomic mass is 16.3. The summed E-state index contributed by atoms with van der Waals surface area (Å²) in [6.07, 6.45) is 0. The van der Waals surface area contributed by atoms with Crippen LogP contribution in [0.25, 0.3) is 77.2 Å². The van der Waals surface area contributed by atoms with Crippen LogP contribution < -0.4 is 0 Å². The average Bonchev–Trinajstić information content (AvgIpc) is 3.88. The number of furan rings is 1. The molecule has 0 aliphatic heterocycles. The van der Waals surface area contributed by atoms with E-state index in [4.69, 9.17) is 4.42 Å². The number of para-hydroxylation sites is 2. The zero-order valence-electron chi connectivity index (χ0n) is 42.7. The molecule has 0 bridgehead atoms. The van der Waals surface area contributed by atoms with Crippen molar-refractivity contribution in [3.63, 3.8) is 0 Å². The van der Waals surface area contributed by atoms with Crippen LogP contribution in [0.1, 0.15) is 72.2 Å². The van der Waals surface area contributed by atoms with Crippen molar-refractivity contribution in [2.75, 3.05) is 0 Å². The Morgan fingerprint density at radius 3 is 1.56 bits per heavy atom. The Morgan fingerprint density at radius 2 is 0.857 bits per heavy atom. The number of hydrogen-bond donors (Lipinski definition) is 0. The molecule has 0 N–H and O–H groups in total. The van der Waals surface area contributed by atoms with Gasteiger partial charge in [-0.05, 0) is 126 Å². The first kappa shape index (κ1) is 48.7. The highest BCUT2D eigenvalue weighted by Gasteiger charge is 2.34. The molecule has 1 aliphatic carbocycles. The predicted molar refractivity (Wildman–Crippen MR) is 304 cm³/mol. The molecule has 0 unspecified atom stereocenters. The molecular weight excluding hydrogens is 845 g/mol. The minimum atomic E-state index is 0.151. The first-order chi connectivity index (χ1) is 34.0. The topological polar surface area (TPSA) is 13.1 Å². The molecule has 0 amide bonds. The van der Waals surface area contributed by atoms with Crippen LogP contribution in [0, 0.1) is 41.5 Å². The van der Waals surface area contributed by atoms with E-state index in [-0.39, 0.29) is 5.41 Å². The summed E-state index contributed by atoms with van der Waals surface area (Å²) in [5.74, 6) is 0. The van der Waals surface area contributed by atoms with Crippen LogP contribution in [0.15, 0.2) is 223 Å². The third-order valence-corrected chi connectivity index (χ3v) is 13.5. The summed E-state index contributed by atoms with van der Waals surface area (Å²) in [6, 6.07) is 77.6. The van der Waals surface area contributed by atoms with Gasteiger partial charge in [-0.25, -0.2) is 0 Å². The summed E-state index contributed by atoms with van der Waals surface area (Å²) in [6.45, 7) is 21.5. The fourth-order valence-electron chi connectivity index (χ4n) is 9.62. The van der Waals surface area contributed by atoms with Gasteiger partial charge in [0.25, 0.3) is 0 Å². The van der Waals surface area contributed by atoms with E-state index in [1.807, 2.05) is 44.2 Å². The molecule has 1 heteroatoms. The van der Waals surface area contributed by atoms with Crippen LogP contribution >= 0.6 is 0 Å².